The third-order valence-corrected chi connectivity index (χ3v) is 15.2. The van der Waals surface area contributed by atoms with E-state index in [4.69, 9.17) is 10.8 Å². The Kier molecular flexibility index (Phi) is 36.9. The number of aryl methyl sites for hydroxylation is 1. The molecule has 0 unspecified atom stereocenters. The van der Waals surface area contributed by atoms with Crippen LogP contribution in [0.25, 0.3) is 0 Å². The lowest BCUT2D eigenvalue weighted by molar-refractivity contribution is -0.145. The number of aromatic nitrogens is 2. The number of amides is 6. The molecule has 0 aliphatic heterocycles. The molecule has 474 valence electrons. The molecule has 26 nitrogen and oxygen atoms in total. The van der Waals surface area contributed by atoms with E-state index in [9.17, 15) is 78.0 Å². The molecular formula is C58H95N9O17. The van der Waals surface area contributed by atoms with Gasteiger partial charge < -0.3 is 68.2 Å². The van der Waals surface area contributed by atoms with Crippen LogP contribution in [0.1, 0.15) is 205 Å². The molecule has 14 N–H and O–H groups in total. The number of hydrogen-bond acceptors (Lipinski definition) is 16. The number of ketones is 3. The molecule has 1 aromatic heterocycles. The molecule has 6 amide bonds. The van der Waals surface area contributed by atoms with Crippen LogP contribution in [0.4, 0.5) is 0 Å². The van der Waals surface area contributed by atoms with Crippen LogP contribution in [0.2, 0.25) is 0 Å². The van der Waals surface area contributed by atoms with Crippen LogP contribution < -0.4 is 37.6 Å². The van der Waals surface area contributed by atoms with Gasteiger partial charge in [0, 0.05) is 69.3 Å². The van der Waals surface area contributed by atoms with E-state index in [2.05, 4.69) is 41.9 Å². The Morgan fingerprint density at radius 1 is 0.619 bits per heavy atom. The molecule has 1 saturated carbocycles. The first kappa shape index (κ1) is 73.4. The zero-order valence-corrected chi connectivity index (χ0v) is 49.0. The maximum absolute atomic E-state index is 13.6. The van der Waals surface area contributed by atoms with Gasteiger partial charge in [0.2, 0.25) is 35.4 Å². The highest BCUT2D eigenvalue weighted by Crippen LogP contribution is 2.35. The summed E-state index contributed by atoms with van der Waals surface area (Å²) in [5.41, 5.74) is 5.13. The van der Waals surface area contributed by atoms with Crippen molar-refractivity contribution in [3.63, 3.8) is 0 Å². The van der Waals surface area contributed by atoms with E-state index in [1.807, 2.05) is 0 Å². The average Bonchev–Trinajstić information content (AvgIpc) is 4.05. The Hall–Kier alpha value is -6.67. The smallest absolute Gasteiger partial charge is 0.326 e. The Morgan fingerprint density at radius 2 is 1.19 bits per heavy atom. The van der Waals surface area contributed by atoms with E-state index >= 15 is 0 Å². The molecule has 0 bridgehead atoms. The minimum absolute atomic E-state index is 0.0540. The summed E-state index contributed by atoms with van der Waals surface area (Å²) in [5, 5.41) is 63.3. The fraction of sp³-hybridized carbons (Fsp3) is 0.741. The summed E-state index contributed by atoms with van der Waals surface area (Å²) in [4.78, 5) is 157. The predicted octanol–water partition coefficient (Wildman–Crippen LogP) is 2.74. The number of aliphatic hydroxyl groups is 2. The normalized spacial score (nSPS) is 14.7. The maximum Gasteiger partial charge on any atom is 0.326 e. The average molecular weight is 1190 g/mol. The van der Waals surface area contributed by atoms with Crippen LogP contribution in [0, 0.1) is 11.8 Å². The Labute approximate surface area is 491 Å². The monoisotopic (exact) mass is 1190 g/mol. The number of nitrogens with one attached hydrogen (secondary N) is 7. The minimum Gasteiger partial charge on any atom is -0.481 e. The van der Waals surface area contributed by atoms with E-state index in [1.54, 1.807) is 6.20 Å². The Bertz CT molecular complexity index is 2240. The summed E-state index contributed by atoms with van der Waals surface area (Å²) < 4.78 is 0. The van der Waals surface area contributed by atoms with Crippen LogP contribution in [-0.2, 0) is 64.0 Å². The van der Waals surface area contributed by atoms with Crippen LogP contribution in [0.15, 0.2) is 12.5 Å². The van der Waals surface area contributed by atoms with Crippen molar-refractivity contribution in [2.45, 2.75) is 236 Å². The van der Waals surface area contributed by atoms with Crippen LogP contribution >= 0.6 is 0 Å². The highest BCUT2D eigenvalue weighted by molar-refractivity contribution is 5.95. The highest BCUT2D eigenvalue weighted by atomic mass is 16.4. The van der Waals surface area contributed by atoms with E-state index in [-0.39, 0.29) is 88.4 Å². The van der Waals surface area contributed by atoms with Crippen molar-refractivity contribution < 1.29 is 83.1 Å². The summed E-state index contributed by atoms with van der Waals surface area (Å²) in [6.07, 6.45) is 18.0. The molecule has 6 atom stereocenters. The van der Waals surface area contributed by atoms with E-state index in [0.29, 0.717) is 38.5 Å². The second kappa shape index (κ2) is 42.2. The van der Waals surface area contributed by atoms with Crippen molar-refractivity contribution >= 4 is 70.7 Å². The van der Waals surface area contributed by atoms with Gasteiger partial charge >= 0.3 is 17.9 Å². The molecule has 0 spiro atoms. The fourth-order valence-corrected chi connectivity index (χ4v) is 9.89. The van der Waals surface area contributed by atoms with E-state index in [0.717, 1.165) is 69.9 Å². The first-order chi connectivity index (χ1) is 40.1. The second-order valence-electron chi connectivity index (χ2n) is 22.2. The molecule has 1 aliphatic carbocycles. The molecule has 2 rings (SSSR count). The first-order valence-corrected chi connectivity index (χ1v) is 30.1. The van der Waals surface area contributed by atoms with Gasteiger partial charge in [0.15, 0.2) is 11.6 Å². The van der Waals surface area contributed by atoms with Crippen LogP contribution in [0.3, 0.4) is 0 Å². The number of hydrogen-bond donors (Lipinski definition) is 13. The number of aliphatic carboxylic acids is 3. The standard InChI is InChI=1S/C58H95N9O17/c1-39(69)53(54(59)79)66-55(80)40(22-26-47(72)58(30-18-31-58)67-50(75)28-24-42-34-61-38-63-42)19-16-17-32-62-51(76)36-60-35-46(71)45(37-68)65-49(74)29-25-44(57(83)84)64-48(73)27-23-41(56(81)82)33-43(70)20-14-12-10-8-6-4-2-3-5-7-9-11-13-15-21-52(77)78/h34,38-41,44-45,53,60,68-69H,2-33,35-37H2,1H3,(H2,59,79)(H,61,63)(H,62,76)(H,64,73)(H,65,74)(H,66,80)(H,67,75)(H,77,78)(H,81,82)(H,83,84)/t39-,40-,41-,44+,45+,53+/m1/s1. The summed E-state index contributed by atoms with van der Waals surface area (Å²) in [7, 11) is 0. The molecule has 0 radical (unpaired) electrons. The first-order valence-electron chi connectivity index (χ1n) is 30.1. The topological polar surface area (TPSA) is 433 Å². The molecule has 0 saturated heterocycles. The summed E-state index contributed by atoms with van der Waals surface area (Å²) in [6, 6.07) is -4.36. The number of carbonyl (C=O) groups is 12. The molecule has 26 heteroatoms. The van der Waals surface area contributed by atoms with Gasteiger partial charge in [-0.3, -0.25) is 52.7 Å². The summed E-state index contributed by atoms with van der Waals surface area (Å²) in [6.45, 7) is -0.172. The van der Waals surface area contributed by atoms with Gasteiger partial charge in [-0.05, 0) is 77.6 Å². The zero-order valence-electron chi connectivity index (χ0n) is 49.0. The van der Waals surface area contributed by atoms with Crippen molar-refractivity contribution in [2.24, 2.45) is 17.6 Å². The lowest BCUT2D eigenvalue weighted by Crippen LogP contribution is -2.59. The van der Waals surface area contributed by atoms with Crippen LogP contribution in [0.5, 0.6) is 0 Å². The third kappa shape index (κ3) is 31.8. The van der Waals surface area contributed by atoms with Crippen molar-refractivity contribution in [1.82, 2.24) is 41.9 Å². The Balaban J connectivity index is 1.69. The van der Waals surface area contributed by atoms with Gasteiger partial charge in [0.25, 0.3) is 0 Å². The lowest BCUT2D eigenvalue weighted by Gasteiger charge is -2.41. The fourth-order valence-electron chi connectivity index (χ4n) is 9.89. The van der Waals surface area contributed by atoms with Gasteiger partial charge in [-0.1, -0.05) is 83.5 Å². The van der Waals surface area contributed by atoms with Gasteiger partial charge in [-0.15, -0.1) is 0 Å². The van der Waals surface area contributed by atoms with Gasteiger partial charge in [-0.25, -0.2) is 9.78 Å². The SMILES string of the molecule is C[C@@H](O)[C@H](NC(=O)[C@H](CCCCNC(=O)CNCC(=O)[C@H](CO)NC(=O)CC[C@H](NC(=O)CC[C@H](CC(=O)CCCCCCCCCCCCCCCCC(=O)O)C(=O)O)C(=O)O)CCC(=O)C1(NC(=O)CCc2cnc[nH]2)CCC1)C(N)=O. The number of aliphatic hydroxyl groups excluding tert-OH is 2. The molecule has 1 heterocycles. The zero-order chi connectivity index (χ0) is 62.3. The number of imidazole rings is 1. The molecule has 84 heavy (non-hydrogen) atoms. The van der Waals surface area contributed by atoms with Gasteiger partial charge in [0.05, 0.1) is 43.6 Å². The number of aromatic amines is 1. The van der Waals surface area contributed by atoms with Crippen molar-refractivity contribution in [3.05, 3.63) is 18.2 Å². The largest absolute Gasteiger partial charge is 0.481 e. The van der Waals surface area contributed by atoms with Crippen LogP contribution in [-0.4, -0.2) is 162 Å². The minimum atomic E-state index is -1.56. The predicted molar refractivity (Wildman–Crippen MR) is 306 cm³/mol. The molecule has 1 aliphatic rings. The third-order valence-electron chi connectivity index (χ3n) is 15.2. The second-order valence-corrected chi connectivity index (χ2v) is 22.2. The number of rotatable bonds is 52. The van der Waals surface area contributed by atoms with E-state index in [1.165, 1.54) is 38.9 Å². The number of carboxylic acids is 3. The molecule has 1 fully saturated rings. The van der Waals surface area contributed by atoms with Crippen molar-refractivity contribution in [1.29, 1.82) is 0 Å². The summed E-state index contributed by atoms with van der Waals surface area (Å²) in [5.74, 6) is -10.6. The molecule has 1 aromatic rings. The number of carbonyl (C=O) groups excluding carboxylic acids is 9. The number of unbranched alkanes of at least 4 members (excludes halogenated alkanes) is 14. The summed E-state index contributed by atoms with van der Waals surface area (Å²) >= 11 is 0. The number of nitrogens with zero attached hydrogens (tertiary/aromatic N) is 1. The number of carboxylic acid groups (broad SMARTS) is 3. The van der Waals surface area contributed by atoms with E-state index < -0.39 is 121 Å². The molecule has 0 aromatic carbocycles. The van der Waals surface area contributed by atoms with Crippen molar-refractivity contribution in [3.8, 4) is 0 Å². The van der Waals surface area contributed by atoms with Gasteiger partial charge in [-0.2, -0.15) is 0 Å². The number of H-pyrrole nitrogens is 1. The number of Topliss-reactive ketones (excluding diaryl/α,β-unsaturated/α-hetero) is 3. The highest BCUT2D eigenvalue weighted by Gasteiger charge is 2.45. The quantitative estimate of drug-likeness (QED) is 0.0417. The maximum atomic E-state index is 13.6. The molecular weight excluding hydrogens is 1090 g/mol. The number of nitrogens with two attached hydrogens (primary N) is 1. The van der Waals surface area contributed by atoms with Crippen molar-refractivity contribution in [2.75, 3.05) is 26.2 Å². The van der Waals surface area contributed by atoms with Gasteiger partial charge in [0.1, 0.15) is 23.9 Å². The number of primary amides is 1. The lowest BCUT2D eigenvalue weighted by atomic mass is 9.71. The Morgan fingerprint density at radius 3 is 1.70 bits per heavy atom.